The Morgan fingerprint density at radius 1 is 0.492 bits per heavy atom. The summed E-state index contributed by atoms with van der Waals surface area (Å²) in [5.74, 6) is 4.19. The van der Waals surface area contributed by atoms with E-state index < -0.39 is 17.9 Å². The molecule has 3 radical (unpaired) electrons. The van der Waals surface area contributed by atoms with Crippen LogP contribution in [0.25, 0.3) is 0 Å². The van der Waals surface area contributed by atoms with Crippen LogP contribution in [0.1, 0.15) is 244 Å². The van der Waals surface area contributed by atoms with Crippen molar-refractivity contribution in [2.24, 2.45) is 23.2 Å². The number of carboxylic acid groups (broad SMARTS) is 3. The van der Waals surface area contributed by atoms with Crippen molar-refractivity contribution in [2.45, 2.75) is 276 Å². The van der Waals surface area contributed by atoms with Crippen LogP contribution in [0, 0.1) is 23.2 Å². The van der Waals surface area contributed by atoms with Gasteiger partial charge in [-0.3, -0.25) is 14.4 Å². The van der Waals surface area contributed by atoms with Gasteiger partial charge in [-0.05, 0) is 37.5 Å². The van der Waals surface area contributed by atoms with E-state index >= 15 is 0 Å². The van der Waals surface area contributed by atoms with E-state index in [9.17, 15) is 14.4 Å². The minimum atomic E-state index is -0.675. The van der Waals surface area contributed by atoms with Gasteiger partial charge in [-0.25, -0.2) is 0 Å². The Labute approximate surface area is 390 Å². The lowest BCUT2D eigenvalue weighted by Gasteiger charge is -2.17. The minimum Gasteiger partial charge on any atom is -0.481 e. The van der Waals surface area contributed by atoms with Gasteiger partial charge >= 0.3 is 17.9 Å². The molecule has 0 heterocycles. The molecule has 0 aromatic heterocycles. The van der Waals surface area contributed by atoms with Crippen molar-refractivity contribution >= 4 is 63.6 Å². The second-order valence-corrected chi connectivity index (χ2v) is 23.3. The standard InChI is InChI=1S/C18H36O2.C10H20O2.C8H16O2.2C4H9.2C2H5.2CH3.3Al/c1-2-3-4-5-6-7-8-9-10-11-12-13-14-15-16-17-18(19)20;1-10(2,3)8-6-4-5-7-9(11)12;1-3-5-6-7(4-2)8(9)10;2*1-4(2)3;2*1-2;;;;;/h2-17H2,1H3,(H,19,20);4-8H2,1-3H3,(H,11,12);7H,3-6H2,1-2H3,(H,9,10);2*4H,1H2,2-3H3;2*1H2,2H3;2*1H3;;;. The highest BCUT2D eigenvalue weighted by molar-refractivity contribution is 6.35. The van der Waals surface area contributed by atoms with E-state index in [0.29, 0.717) is 18.3 Å². The van der Waals surface area contributed by atoms with Crippen LogP contribution in [0.5, 0.6) is 0 Å². The molecule has 0 aliphatic rings. The van der Waals surface area contributed by atoms with E-state index in [2.05, 4.69) is 87.7 Å². The molecule has 0 saturated heterocycles. The molecule has 0 aromatic carbocycles. The van der Waals surface area contributed by atoms with Gasteiger partial charge < -0.3 is 15.3 Å². The predicted octanol–water partition coefficient (Wildman–Crippen LogP) is 16.9. The number of hydrogen-bond donors (Lipinski definition) is 3. The fourth-order valence-corrected chi connectivity index (χ4v) is 7.86. The van der Waals surface area contributed by atoms with E-state index in [4.69, 9.17) is 15.3 Å². The number of aliphatic carboxylic acids is 3. The second kappa shape index (κ2) is 60.1. The SMILES string of the molecule is CC(C)(C)CCCCCC(=O)O.CC(C)[CH2][Al][CH2]C(C)C.CCCCC(CC)C(=O)O.CCCCCCCCCCCCCCCCCC(=O)O.C[CH2][Al][CH2]C.[CH3][Al][CH3]. The lowest BCUT2D eigenvalue weighted by molar-refractivity contribution is -0.142. The Morgan fingerprint density at radius 3 is 1.05 bits per heavy atom. The highest BCUT2D eigenvalue weighted by atomic mass is 27.1. The molecule has 0 rings (SSSR count). The predicted molar refractivity (Wildman–Crippen MR) is 268 cm³/mol. The second-order valence-electron chi connectivity index (χ2n) is 18.4. The van der Waals surface area contributed by atoms with Crippen LogP contribution in [0.15, 0.2) is 0 Å². The maximum atomic E-state index is 10.4. The summed E-state index contributed by atoms with van der Waals surface area (Å²) in [6, 6.07) is 0. The first-order valence-electron chi connectivity index (χ1n) is 24.9. The Hall–Kier alpha value is 0.00740. The van der Waals surface area contributed by atoms with Crippen LogP contribution in [-0.2, 0) is 14.4 Å². The zero-order valence-electron chi connectivity index (χ0n) is 42.5. The molecule has 0 amide bonds. The summed E-state index contributed by atoms with van der Waals surface area (Å²) in [4.78, 5) is 30.9. The molecule has 3 N–H and O–H groups in total. The highest BCUT2D eigenvalue weighted by Crippen LogP contribution is 2.22. The van der Waals surface area contributed by atoms with Crippen LogP contribution in [0.2, 0.25) is 32.7 Å². The highest BCUT2D eigenvalue weighted by Gasteiger charge is 2.13. The monoisotopic (exact) mass is 884 g/mol. The number of unbranched alkanes of at least 4 members (excludes halogenated alkanes) is 17. The summed E-state index contributed by atoms with van der Waals surface area (Å²) in [5, 5.41) is 31.3. The Balaban J connectivity index is -0.000000156. The van der Waals surface area contributed by atoms with Gasteiger partial charge in [-0.1, -0.05) is 210 Å². The van der Waals surface area contributed by atoms with Crippen LogP contribution in [0.3, 0.4) is 0 Å². The number of carboxylic acids is 3. The summed E-state index contributed by atoms with van der Waals surface area (Å²) in [6.07, 6.45) is 28.4. The van der Waals surface area contributed by atoms with Gasteiger partial charge in [-0.15, -0.1) is 32.7 Å². The smallest absolute Gasteiger partial charge is 0.306 e. The van der Waals surface area contributed by atoms with Crippen LogP contribution < -0.4 is 0 Å². The van der Waals surface area contributed by atoms with Gasteiger partial charge in [0.1, 0.15) is 0 Å². The van der Waals surface area contributed by atoms with E-state index in [-0.39, 0.29) is 5.92 Å². The molecular weight excluding hydrogens is 777 g/mol. The first-order chi connectivity index (χ1) is 27.9. The first kappa shape index (κ1) is 70.7. The molecule has 0 aliphatic heterocycles. The third-order valence-corrected chi connectivity index (χ3v) is 13.1. The van der Waals surface area contributed by atoms with Gasteiger partial charge in [0.2, 0.25) is 15.2 Å². The fourth-order valence-electron chi connectivity index (χ4n) is 5.76. The zero-order valence-corrected chi connectivity index (χ0v) is 46.0. The molecule has 1 atom stereocenters. The van der Waals surface area contributed by atoms with Gasteiger partial charge in [0.05, 0.1) is 5.92 Å². The number of carbonyl (C=O) groups is 3. The van der Waals surface area contributed by atoms with Gasteiger partial charge in [0.25, 0.3) is 0 Å². The minimum absolute atomic E-state index is 0.111. The Bertz CT molecular complexity index is 792. The molecule has 9 heteroatoms. The van der Waals surface area contributed by atoms with E-state index in [1.54, 1.807) is 0 Å². The summed E-state index contributed by atoms with van der Waals surface area (Å²) in [6.45, 7) is 26.7. The van der Waals surface area contributed by atoms with Crippen LogP contribution in [0.4, 0.5) is 0 Å². The molecule has 6 nitrogen and oxygen atoms in total. The van der Waals surface area contributed by atoms with E-state index in [1.165, 1.54) is 111 Å². The van der Waals surface area contributed by atoms with Crippen molar-refractivity contribution in [2.75, 3.05) is 0 Å². The maximum Gasteiger partial charge on any atom is 0.306 e. The topological polar surface area (TPSA) is 112 Å². The van der Waals surface area contributed by atoms with Gasteiger partial charge in [0.15, 0.2) is 30.4 Å². The van der Waals surface area contributed by atoms with Gasteiger partial charge in [0, 0.05) is 12.8 Å². The largest absolute Gasteiger partial charge is 0.481 e. The summed E-state index contributed by atoms with van der Waals surface area (Å²) in [7, 11) is 0. The molecule has 0 bridgehead atoms. The third-order valence-electron chi connectivity index (χ3n) is 9.41. The normalized spacial score (nSPS) is 10.8. The average molecular weight is 884 g/mol. The molecule has 1 unspecified atom stereocenters. The lowest BCUT2D eigenvalue weighted by atomic mass is 9.89. The lowest BCUT2D eigenvalue weighted by Crippen LogP contribution is -2.11. The van der Waals surface area contributed by atoms with Crippen molar-refractivity contribution in [3.63, 3.8) is 0 Å². The van der Waals surface area contributed by atoms with Crippen molar-refractivity contribution in [1.82, 2.24) is 0 Å². The number of rotatable bonds is 32. The Morgan fingerprint density at radius 2 is 0.814 bits per heavy atom. The average Bonchev–Trinajstić information content (AvgIpc) is 3.14. The first-order valence-corrected chi connectivity index (χ1v) is 30.5. The molecule has 0 spiro atoms. The molecule has 59 heavy (non-hydrogen) atoms. The van der Waals surface area contributed by atoms with Crippen LogP contribution in [-0.4, -0.2) is 78.9 Å². The molecule has 0 aromatic rings. The summed E-state index contributed by atoms with van der Waals surface area (Å²) < 4.78 is 0. The molecule has 0 saturated carbocycles. The fraction of sp³-hybridized carbons (Fsp3) is 0.940. The number of hydrogen-bond acceptors (Lipinski definition) is 3. The van der Waals surface area contributed by atoms with E-state index in [1.807, 2.05) is 6.92 Å². The zero-order chi connectivity index (χ0) is 46.6. The molecule has 0 aliphatic carbocycles. The van der Waals surface area contributed by atoms with Crippen molar-refractivity contribution < 1.29 is 29.7 Å². The summed E-state index contributed by atoms with van der Waals surface area (Å²) >= 11 is 2.32. The molecular formula is C50H106Al3O6. The van der Waals surface area contributed by atoms with Crippen molar-refractivity contribution in [3.8, 4) is 0 Å². The third kappa shape index (κ3) is 94.0. The summed E-state index contributed by atoms with van der Waals surface area (Å²) in [5.41, 5.74) is 0.392. The van der Waals surface area contributed by atoms with Crippen molar-refractivity contribution in [1.29, 1.82) is 0 Å². The molecule has 0 fully saturated rings. The maximum absolute atomic E-state index is 10.4. The quantitative estimate of drug-likeness (QED) is 0.0458. The van der Waals surface area contributed by atoms with Crippen molar-refractivity contribution in [3.05, 3.63) is 0 Å². The molecule has 351 valence electrons. The van der Waals surface area contributed by atoms with E-state index in [0.717, 1.165) is 115 Å². The van der Waals surface area contributed by atoms with Crippen LogP contribution >= 0.6 is 0 Å². The van der Waals surface area contributed by atoms with Gasteiger partial charge in [-0.2, -0.15) is 0 Å². The Kier molecular flexibility index (Phi) is 72.0.